The molecule has 0 aromatic heterocycles. The molecule has 1 amide bonds. The van der Waals surface area contributed by atoms with Gasteiger partial charge >= 0.3 is 11.9 Å². The van der Waals surface area contributed by atoms with Crippen molar-refractivity contribution in [2.45, 2.75) is 30.2 Å². The third-order valence-electron chi connectivity index (χ3n) is 4.12. The molecule has 0 aromatic rings. The smallest absolute Gasteiger partial charge is 0.329 e. The van der Waals surface area contributed by atoms with E-state index in [1.807, 2.05) is 6.08 Å². The Kier molecular flexibility index (Phi) is 2.80. The van der Waals surface area contributed by atoms with Crippen LogP contribution in [0.4, 0.5) is 0 Å². The van der Waals surface area contributed by atoms with Crippen LogP contribution < -0.4 is 10.6 Å². The van der Waals surface area contributed by atoms with Crippen molar-refractivity contribution in [3.05, 3.63) is 12.2 Å². The number of carbonyl (C=O) groups is 3. The van der Waals surface area contributed by atoms with Crippen molar-refractivity contribution >= 4 is 17.8 Å². The first-order chi connectivity index (χ1) is 9.45. The van der Waals surface area contributed by atoms with Crippen LogP contribution in [0.3, 0.4) is 0 Å². The largest absolute Gasteiger partial charge is 0.481 e. The fraction of sp³-hybridized carbons (Fsp3) is 0.583. The first-order valence-electron chi connectivity index (χ1n) is 6.28. The van der Waals surface area contributed by atoms with E-state index in [1.54, 1.807) is 6.08 Å². The molecular formula is C12H14N2O6. The minimum atomic E-state index is -1.55. The minimum Gasteiger partial charge on any atom is -0.481 e. The average molecular weight is 282 g/mol. The molecule has 3 aliphatic heterocycles. The summed E-state index contributed by atoms with van der Waals surface area (Å²) in [5, 5.41) is 23.8. The van der Waals surface area contributed by atoms with Gasteiger partial charge in [0.2, 0.25) is 5.91 Å². The maximum atomic E-state index is 12.1. The zero-order chi connectivity index (χ0) is 14.5. The fourth-order valence-corrected chi connectivity index (χ4v) is 3.44. The Bertz CT molecular complexity index is 518. The van der Waals surface area contributed by atoms with E-state index in [-0.39, 0.29) is 0 Å². The lowest BCUT2D eigenvalue weighted by molar-refractivity contribution is -0.155. The lowest BCUT2D eigenvalue weighted by Crippen LogP contribution is -2.52. The van der Waals surface area contributed by atoms with E-state index in [0.717, 1.165) is 0 Å². The molecule has 3 aliphatic rings. The summed E-state index contributed by atoms with van der Waals surface area (Å²) in [6, 6.07) is -1.75. The molecule has 8 heteroatoms. The van der Waals surface area contributed by atoms with Crippen LogP contribution in [0.1, 0.15) is 6.42 Å². The van der Waals surface area contributed by atoms with Crippen LogP contribution in [-0.4, -0.2) is 58.4 Å². The number of fused-ring (bicyclic) bond motifs is 3. The highest BCUT2D eigenvalue weighted by molar-refractivity contribution is 5.94. The van der Waals surface area contributed by atoms with Crippen molar-refractivity contribution in [3.63, 3.8) is 0 Å². The first kappa shape index (κ1) is 13.1. The van der Waals surface area contributed by atoms with Gasteiger partial charge < -0.3 is 25.6 Å². The Balaban J connectivity index is 2.05. The molecule has 0 bridgehead atoms. The predicted molar refractivity (Wildman–Crippen MR) is 63.8 cm³/mol. The summed E-state index contributed by atoms with van der Waals surface area (Å²) in [4.78, 5) is 34.6. The van der Waals surface area contributed by atoms with Gasteiger partial charge in [-0.25, -0.2) is 4.79 Å². The second-order valence-corrected chi connectivity index (χ2v) is 5.23. The van der Waals surface area contributed by atoms with Gasteiger partial charge in [-0.05, 0) is 0 Å². The van der Waals surface area contributed by atoms with Crippen molar-refractivity contribution in [3.8, 4) is 0 Å². The number of ether oxygens (including phenoxy) is 1. The van der Waals surface area contributed by atoms with Crippen LogP contribution in [0.5, 0.6) is 0 Å². The molecule has 0 spiro atoms. The Morgan fingerprint density at radius 3 is 2.85 bits per heavy atom. The van der Waals surface area contributed by atoms with Crippen molar-refractivity contribution < 1.29 is 29.3 Å². The van der Waals surface area contributed by atoms with Crippen LogP contribution in [-0.2, 0) is 19.1 Å². The first-order valence-corrected chi connectivity index (χ1v) is 6.28. The van der Waals surface area contributed by atoms with Gasteiger partial charge in [-0.15, -0.1) is 0 Å². The second-order valence-electron chi connectivity index (χ2n) is 5.23. The maximum absolute atomic E-state index is 12.1. The number of nitrogens with one attached hydrogen (secondary N) is 2. The molecule has 8 nitrogen and oxygen atoms in total. The summed E-state index contributed by atoms with van der Waals surface area (Å²) in [5.74, 6) is -3.78. The molecule has 2 fully saturated rings. The predicted octanol–water partition coefficient (Wildman–Crippen LogP) is -1.67. The average Bonchev–Trinajstić information content (AvgIpc) is 2.81. The maximum Gasteiger partial charge on any atom is 0.329 e. The summed E-state index contributed by atoms with van der Waals surface area (Å²) in [7, 11) is 0. The monoisotopic (exact) mass is 282 g/mol. The van der Waals surface area contributed by atoms with Gasteiger partial charge in [0.15, 0.2) is 6.04 Å². The lowest BCUT2D eigenvalue weighted by Gasteiger charge is -2.29. The molecular weight excluding hydrogens is 268 g/mol. The van der Waals surface area contributed by atoms with Gasteiger partial charge in [0.1, 0.15) is 5.60 Å². The van der Waals surface area contributed by atoms with Crippen LogP contribution in [0, 0.1) is 5.92 Å². The quantitative estimate of drug-likeness (QED) is 0.456. The van der Waals surface area contributed by atoms with Gasteiger partial charge in [-0.3, -0.25) is 9.59 Å². The van der Waals surface area contributed by atoms with Gasteiger partial charge in [-0.1, -0.05) is 12.2 Å². The number of amides is 1. The van der Waals surface area contributed by atoms with E-state index in [0.29, 0.717) is 6.54 Å². The highest BCUT2D eigenvalue weighted by Gasteiger charge is 2.68. The number of aliphatic carboxylic acids is 2. The molecule has 0 aromatic carbocycles. The molecule has 20 heavy (non-hydrogen) atoms. The van der Waals surface area contributed by atoms with Crippen molar-refractivity contribution in [1.29, 1.82) is 0 Å². The number of carbonyl (C=O) groups excluding carboxylic acids is 1. The topological polar surface area (TPSA) is 125 Å². The zero-order valence-corrected chi connectivity index (χ0v) is 10.4. The summed E-state index contributed by atoms with van der Waals surface area (Å²) in [5.41, 5.74) is -1.55. The van der Waals surface area contributed by atoms with Crippen LogP contribution in [0.2, 0.25) is 0 Å². The van der Waals surface area contributed by atoms with E-state index in [9.17, 15) is 19.5 Å². The molecule has 3 rings (SSSR count). The molecule has 0 radical (unpaired) electrons. The third-order valence-corrected chi connectivity index (χ3v) is 4.12. The number of rotatable bonds is 3. The van der Waals surface area contributed by atoms with Crippen LogP contribution in [0.15, 0.2) is 12.2 Å². The third kappa shape index (κ3) is 1.65. The van der Waals surface area contributed by atoms with E-state index in [4.69, 9.17) is 9.84 Å². The summed E-state index contributed by atoms with van der Waals surface area (Å²) in [6.45, 7) is 0.537. The van der Waals surface area contributed by atoms with Crippen molar-refractivity contribution in [2.24, 2.45) is 5.92 Å². The fourth-order valence-electron chi connectivity index (χ4n) is 3.44. The number of carboxylic acid groups (broad SMARTS) is 2. The van der Waals surface area contributed by atoms with Gasteiger partial charge in [-0.2, -0.15) is 0 Å². The van der Waals surface area contributed by atoms with E-state index in [1.165, 1.54) is 0 Å². The summed E-state index contributed by atoms with van der Waals surface area (Å²) < 4.78 is 5.74. The van der Waals surface area contributed by atoms with E-state index < -0.39 is 54.0 Å². The van der Waals surface area contributed by atoms with Gasteiger partial charge in [0.05, 0.1) is 24.5 Å². The van der Waals surface area contributed by atoms with Gasteiger partial charge in [0, 0.05) is 6.54 Å². The van der Waals surface area contributed by atoms with Gasteiger partial charge in [0.25, 0.3) is 0 Å². The Labute approximate surface area is 113 Å². The molecule has 2 saturated heterocycles. The van der Waals surface area contributed by atoms with Crippen LogP contribution in [0.25, 0.3) is 0 Å². The summed E-state index contributed by atoms with van der Waals surface area (Å²) >= 11 is 0. The highest BCUT2D eigenvalue weighted by Crippen LogP contribution is 2.46. The molecule has 0 aliphatic carbocycles. The Morgan fingerprint density at radius 2 is 2.20 bits per heavy atom. The normalized spacial score (nSPS) is 41.9. The molecule has 0 saturated carbocycles. The molecule has 108 valence electrons. The van der Waals surface area contributed by atoms with E-state index >= 15 is 0 Å². The van der Waals surface area contributed by atoms with Crippen LogP contribution >= 0.6 is 0 Å². The zero-order valence-electron chi connectivity index (χ0n) is 10.4. The molecule has 0 unspecified atom stereocenters. The lowest BCUT2D eigenvalue weighted by atomic mass is 9.79. The molecule has 4 N–H and O–H groups in total. The standard InChI is InChI=1S/C12H14N2O6/c15-6(16)4-12-7(10(17)14-9(12)11(18)19)8-5(20-12)2-1-3-13-8/h1-2,5,7-9,13H,3-4H2,(H,14,17)(H,15,16)(H,18,19)/t5-,7+,8+,9-,12+/m0/s1. The highest BCUT2D eigenvalue weighted by atomic mass is 16.5. The Hall–Kier alpha value is -1.93. The van der Waals surface area contributed by atoms with E-state index in [2.05, 4.69) is 10.6 Å². The Morgan fingerprint density at radius 1 is 1.45 bits per heavy atom. The minimum absolute atomic E-state index is 0.399. The second kappa shape index (κ2) is 4.29. The summed E-state index contributed by atoms with van der Waals surface area (Å²) in [6.07, 6.45) is 2.54. The number of carboxylic acids is 2. The van der Waals surface area contributed by atoms with Crippen molar-refractivity contribution in [1.82, 2.24) is 10.6 Å². The molecule has 3 heterocycles. The number of hydrogen-bond acceptors (Lipinski definition) is 5. The molecule has 5 atom stereocenters. The SMILES string of the molecule is O=C(O)C[C@@]12O[C@H]3C=CCN[C@H]3[C@@H]1C(=O)N[C@H]2C(=O)O. The van der Waals surface area contributed by atoms with Crippen molar-refractivity contribution in [2.75, 3.05) is 6.54 Å². The number of hydrogen-bond donors (Lipinski definition) is 4.